The van der Waals surface area contributed by atoms with Crippen LogP contribution in [0.4, 0.5) is 10.5 Å². The Balaban J connectivity index is 1.51. The summed E-state index contributed by atoms with van der Waals surface area (Å²) in [6.07, 6.45) is 4.09. The van der Waals surface area contributed by atoms with Crippen molar-refractivity contribution in [3.05, 3.63) is 95.1 Å². The topological polar surface area (TPSA) is 111 Å². The van der Waals surface area contributed by atoms with Crippen molar-refractivity contribution in [2.24, 2.45) is 0 Å². The van der Waals surface area contributed by atoms with Crippen LogP contribution in [0, 0.1) is 0 Å². The lowest BCUT2D eigenvalue weighted by molar-refractivity contribution is -0.122. The normalized spacial score (nSPS) is 14.9. The van der Waals surface area contributed by atoms with Gasteiger partial charge in [0.25, 0.3) is 11.8 Å². The third-order valence-corrected chi connectivity index (χ3v) is 6.20. The number of imide groups is 2. The number of nitrogens with one attached hydrogen (secondary N) is 1. The molecule has 1 fully saturated rings. The van der Waals surface area contributed by atoms with E-state index < -0.39 is 23.8 Å². The van der Waals surface area contributed by atoms with Crippen LogP contribution in [0.2, 0.25) is 0 Å². The first-order chi connectivity index (χ1) is 17.9. The predicted octanol–water partition coefficient (Wildman–Crippen LogP) is 4.30. The second-order valence-corrected chi connectivity index (χ2v) is 8.46. The number of para-hydroxylation sites is 1. The van der Waals surface area contributed by atoms with E-state index in [1.807, 2.05) is 47.9 Å². The quantitative estimate of drug-likeness (QED) is 0.242. The van der Waals surface area contributed by atoms with Crippen LogP contribution >= 0.6 is 0 Å². The largest absolute Gasteiger partial charge is 0.463 e. The van der Waals surface area contributed by atoms with Gasteiger partial charge in [0.1, 0.15) is 11.3 Å². The molecule has 0 saturated carbocycles. The Morgan fingerprint density at radius 1 is 1.03 bits per heavy atom. The van der Waals surface area contributed by atoms with Gasteiger partial charge in [-0.1, -0.05) is 37.3 Å². The van der Waals surface area contributed by atoms with Crippen LogP contribution in [-0.2, 0) is 27.3 Å². The van der Waals surface area contributed by atoms with Crippen LogP contribution < -0.4 is 10.2 Å². The Morgan fingerprint density at radius 2 is 1.78 bits per heavy atom. The maximum absolute atomic E-state index is 13.3. The average Bonchev–Trinajstić information content (AvgIpc) is 3.51. The highest BCUT2D eigenvalue weighted by Crippen LogP contribution is 2.27. The number of fused-ring (bicyclic) bond motifs is 1. The van der Waals surface area contributed by atoms with E-state index in [9.17, 15) is 19.2 Å². The Kier molecular flexibility index (Phi) is 6.19. The Labute approximate surface area is 211 Å². The minimum atomic E-state index is -0.793. The smallest absolute Gasteiger partial charge is 0.373 e. The summed E-state index contributed by atoms with van der Waals surface area (Å²) >= 11 is 0. The van der Waals surface area contributed by atoms with Crippen molar-refractivity contribution >= 4 is 46.5 Å². The Morgan fingerprint density at radius 3 is 2.51 bits per heavy atom. The average molecular weight is 498 g/mol. The number of benzene rings is 2. The third kappa shape index (κ3) is 4.42. The molecule has 1 aliphatic rings. The summed E-state index contributed by atoms with van der Waals surface area (Å²) in [5.74, 6) is -1.42. The molecular formula is C28H23N3O6. The number of hydrogen-bond donors (Lipinski definition) is 1. The number of esters is 1. The summed E-state index contributed by atoms with van der Waals surface area (Å²) in [7, 11) is 1.28. The maximum atomic E-state index is 13.3. The SMILES string of the molecule is CCc1ccc(N2C(=O)NC(=O)/C(=C\c3cn(Cc4ccc(C(=O)OC)o4)c4ccccc34)C2=O)cc1. The van der Waals surface area contributed by atoms with E-state index in [2.05, 4.69) is 5.32 Å². The van der Waals surface area contributed by atoms with Gasteiger partial charge in [-0.05, 0) is 48.4 Å². The highest BCUT2D eigenvalue weighted by atomic mass is 16.5. The van der Waals surface area contributed by atoms with Crippen LogP contribution in [0.3, 0.4) is 0 Å². The Bertz CT molecular complexity index is 1570. The number of urea groups is 1. The number of furan rings is 1. The molecule has 1 N–H and O–H groups in total. The van der Waals surface area contributed by atoms with Crippen LogP contribution in [-0.4, -0.2) is 35.5 Å². The standard InChI is InChI=1S/C28H23N3O6/c1-3-17-8-10-19(11-9-17)31-26(33)22(25(32)29-28(31)35)14-18-15-30(23-7-5-4-6-21(18)23)16-20-12-13-24(37-20)27(34)36-2/h4-15H,3,16H2,1-2H3,(H,29,32,35)/b22-14+. The zero-order valence-electron chi connectivity index (χ0n) is 20.2. The molecule has 0 radical (unpaired) electrons. The zero-order valence-corrected chi connectivity index (χ0v) is 20.2. The second kappa shape index (κ2) is 9.62. The molecule has 0 atom stereocenters. The van der Waals surface area contributed by atoms with Crippen molar-refractivity contribution in [1.29, 1.82) is 0 Å². The number of methoxy groups -OCH3 is 1. The first kappa shape index (κ1) is 23.8. The highest BCUT2D eigenvalue weighted by Gasteiger charge is 2.37. The summed E-state index contributed by atoms with van der Waals surface area (Å²) in [5.41, 5.74) is 2.72. The van der Waals surface area contributed by atoms with E-state index >= 15 is 0 Å². The monoisotopic (exact) mass is 497 g/mol. The molecule has 2 aromatic heterocycles. The fourth-order valence-electron chi connectivity index (χ4n) is 4.29. The van der Waals surface area contributed by atoms with Crippen molar-refractivity contribution in [1.82, 2.24) is 9.88 Å². The number of barbiturate groups is 1. The lowest BCUT2D eigenvalue weighted by atomic mass is 10.1. The maximum Gasteiger partial charge on any atom is 0.373 e. The number of rotatable bonds is 6. The van der Waals surface area contributed by atoms with Gasteiger partial charge in [-0.3, -0.25) is 14.9 Å². The molecule has 0 aliphatic carbocycles. The van der Waals surface area contributed by atoms with Gasteiger partial charge in [-0.25, -0.2) is 14.5 Å². The summed E-state index contributed by atoms with van der Waals surface area (Å²) in [5, 5.41) is 3.06. The highest BCUT2D eigenvalue weighted by molar-refractivity contribution is 6.39. The zero-order chi connectivity index (χ0) is 26.1. The first-order valence-electron chi connectivity index (χ1n) is 11.6. The molecule has 2 aromatic carbocycles. The van der Waals surface area contributed by atoms with E-state index in [0.717, 1.165) is 27.8 Å². The fraction of sp³-hybridized carbons (Fsp3) is 0.143. The molecule has 9 nitrogen and oxygen atoms in total. The van der Waals surface area contributed by atoms with Gasteiger partial charge in [0.2, 0.25) is 5.76 Å². The van der Waals surface area contributed by atoms with Gasteiger partial charge in [-0.2, -0.15) is 0 Å². The molecule has 9 heteroatoms. The van der Waals surface area contributed by atoms with E-state index in [0.29, 0.717) is 23.6 Å². The minimum absolute atomic E-state index is 0.0949. The van der Waals surface area contributed by atoms with Crippen molar-refractivity contribution in [3.8, 4) is 0 Å². The number of amides is 4. The molecule has 0 spiro atoms. The number of carbonyl (C=O) groups is 4. The summed E-state index contributed by atoms with van der Waals surface area (Å²) in [6, 6.07) is 17.0. The van der Waals surface area contributed by atoms with Gasteiger partial charge in [0.15, 0.2) is 0 Å². The van der Waals surface area contributed by atoms with Gasteiger partial charge < -0.3 is 13.7 Å². The van der Waals surface area contributed by atoms with Crippen LogP contribution in [0.15, 0.2) is 76.9 Å². The van der Waals surface area contributed by atoms with Crippen molar-refractivity contribution in [3.63, 3.8) is 0 Å². The van der Waals surface area contributed by atoms with Gasteiger partial charge in [0.05, 0.1) is 19.3 Å². The van der Waals surface area contributed by atoms with Crippen molar-refractivity contribution in [2.75, 3.05) is 12.0 Å². The molecule has 1 saturated heterocycles. The van der Waals surface area contributed by atoms with Crippen LogP contribution in [0.25, 0.3) is 17.0 Å². The van der Waals surface area contributed by atoms with Crippen LogP contribution in [0.1, 0.15) is 34.4 Å². The molecule has 4 amide bonds. The Hall–Kier alpha value is -4.92. The molecule has 4 aromatic rings. The second-order valence-electron chi connectivity index (χ2n) is 8.46. The molecule has 5 rings (SSSR count). The number of aromatic nitrogens is 1. The van der Waals surface area contributed by atoms with Crippen molar-refractivity contribution in [2.45, 2.75) is 19.9 Å². The van der Waals surface area contributed by atoms with Crippen LogP contribution in [0.5, 0.6) is 0 Å². The summed E-state index contributed by atoms with van der Waals surface area (Å²) in [4.78, 5) is 51.3. The van der Waals surface area contributed by atoms with E-state index in [4.69, 9.17) is 9.15 Å². The van der Waals surface area contributed by atoms with Gasteiger partial charge >= 0.3 is 12.0 Å². The number of carbonyl (C=O) groups excluding carboxylic acids is 4. The molecule has 0 bridgehead atoms. The van der Waals surface area contributed by atoms with Crippen molar-refractivity contribution < 1.29 is 28.3 Å². The summed E-state index contributed by atoms with van der Waals surface area (Å²) in [6.45, 7) is 2.31. The summed E-state index contributed by atoms with van der Waals surface area (Å²) < 4.78 is 12.2. The molecule has 1 aliphatic heterocycles. The van der Waals surface area contributed by atoms with E-state index in [1.54, 1.807) is 30.5 Å². The molecule has 3 heterocycles. The first-order valence-corrected chi connectivity index (χ1v) is 11.6. The number of ether oxygens (including phenoxy) is 1. The number of aryl methyl sites for hydroxylation is 1. The molecule has 186 valence electrons. The number of nitrogens with zero attached hydrogens (tertiary/aromatic N) is 2. The lowest BCUT2D eigenvalue weighted by Crippen LogP contribution is -2.54. The lowest BCUT2D eigenvalue weighted by Gasteiger charge is -2.26. The number of hydrogen-bond acceptors (Lipinski definition) is 6. The van der Waals surface area contributed by atoms with E-state index in [-0.39, 0.29) is 11.3 Å². The van der Waals surface area contributed by atoms with Gasteiger partial charge in [0, 0.05) is 22.7 Å². The molecule has 0 unspecified atom stereocenters. The van der Waals surface area contributed by atoms with Gasteiger partial charge in [-0.15, -0.1) is 0 Å². The minimum Gasteiger partial charge on any atom is -0.463 e. The molecular weight excluding hydrogens is 474 g/mol. The van der Waals surface area contributed by atoms with E-state index in [1.165, 1.54) is 13.2 Å². The molecule has 37 heavy (non-hydrogen) atoms. The third-order valence-electron chi connectivity index (χ3n) is 6.20. The predicted molar refractivity (Wildman–Crippen MR) is 136 cm³/mol. The number of anilines is 1. The fourth-order valence-corrected chi connectivity index (χ4v) is 4.29.